The molecule has 0 atom stereocenters. The van der Waals surface area contributed by atoms with Gasteiger partial charge < -0.3 is 25.2 Å². The second kappa shape index (κ2) is 3.76. The fraction of sp³-hybridized carbons (Fsp3) is 0.222. The number of benzene rings is 1. The quantitative estimate of drug-likeness (QED) is 0.511. The Morgan fingerprint density at radius 1 is 1.40 bits per heavy atom. The lowest BCUT2D eigenvalue weighted by Gasteiger charge is -2.17. The summed E-state index contributed by atoms with van der Waals surface area (Å²) in [5.74, 6) is -5.11. The average molecular weight is 214 g/mol. The lowest BCUT2D eigenvalue weighted by Crippen LogP contribution is -2.34. The summed E-state index contributed by atoms with van der Waals surface area (Å²) in [6, 6.07) is 3.27. The molecule has 0 saturated heterocycles. The van der Waals surface area contributed by atoms with Crippen LogP contribution in [0.5, 0.6) is 11.5 Å². The second-order valence-electron chi connectivity index (χ2n) is 2.86. The van der Waals surface area contributed by atoms with Crippen molar-refractivity contribution in [1.82, 2.24) is 0 Å². The highest BCUT2D eigenvalue weighted by Gasteiger charge is 2.36. The molecule has 0 radical (unpaired) electrons. The van der Waals surface area contributed by atoms with Gasteiger partial charge in [0.15, 0.2) is 11.5 Å². The lowest BCUT2D eigenvalue weighted by atomic mass is 10.1. The van der Waals surface area contributed by atoms with E-state index in [0.717, 1.165) is 12.1 Å². The number of hydrogen-bond donors (Lipinski definition) is 4. The predicted molar refractivity (Wildman–Crippen MR) is 48.4 cm³/mol. The van der Waals surface area contributed by atoms with Gasteiger partial charge in [-0.1, -0.05) is 0 Å². The number of carboxylic acid groups (broad SMARTS) is 1. The largest absolute Gasteiger partial charge is 0.504 e. The van der Waals surface area contributed by atoms with E-state index in [1.807, 2.05) is 0 Å². The maximum absolute atomic E-state index is 10.5. The minimum atomic E-state index is -3.02. The van der Waals surface area contributed by atoms with E-state index in [4.69, 9.17) is 20.1 Å². The molecule has 0 heterocycles. The molecule has 0 aliphatic carbocycles. The van der Waals surface area contributed by atoms with Gasteiger partial charge in [-0.2, -0.15) is 0 Å². The molecule has 0 amide bonds. The highest BCUT2D eigenvalue weighted by molar-refractivity contribution is 5.77. The first-order valence-corrected chi connectivity index (χ1v) is 3.95. The van der Waals surface area contributed by atoms with Crippen molar-refractivity contribution in [2.24, 2.45) is 0 Å². The Hall–Kier alpha value is -1.79. The maximum atomic E-state index is 10.5. The number of aliphatic hydroxyl groups is 2. The van der Waals surface area contributed by atoms with Gasteiger partial charge >= 0.3 is 5.97 Å². The molecule has 0 aliphatic rings. The van der Waals surface area contributed by atoms with Crippen LogP contribution in [0.1, 0.15) is 5.56 Å². The number of phenols is 1. The van der Waals surface area contributed by atoms with Gasteiger partial charge in [0.2, 0.25) is 0 Å². The van der Waals surface area contributed by atoms with Crippen LogP contribution in [0, 0.1) is 0 Å². The van der Waals surface area contributed by atoms with E-state index in [1.54, 1.807) is 0 Å². The second-order valence-corrected chi connectivity index (χ2v) is 2.86. The SMILES string of the molecule is COc1ccc(C(O)(O)C(=O)O)cc1O. The summed E-state index contributed by atoms with van der Waals surface area (Å²) in [7, 11) is 1.32. The van der Waals surface area contributed by atoms with Crippen molar-refractivity contribution < 1.29 is 30.0 Å². The number of aromatic hydroxyl groups is 1. The molecule has 0 fully saturated rings. The zero-order valence-electron chi connectivity index (χ0n) is 7.84. The van der Waals surface area contributed by atoms with E-state index in [1.165, 1.54) is 13.2 Å². The molecule has 6 nitrogen and oxygen atoms in total. The molecule has 6 heteroatoms. The number of ether oxygens (including phenoxy) is 1. The van der Waals surface area contributed by atoms with Gasteiger partial charge in [0.05, 0.1) is 7.11 Å². The first kappa shape index (κ1) is 11.3. The van der Waals surface area contributed by atoms with Crippen molar-refractivity contribution in [3.05, 3.63) is 23.8 Å². The number of phenolic OH excluding ortho intramolecular Hbond substituents is 1. The summed E-state index contributed by atoms with van der Waals surface area (Å²) < 4.78 is 4.71. The van der Waals surface area contributed by atoms with Crippen molar-refractivity contribution in [2.45, 2.75) is 5.79 Å². The van der Waals surface area contributed by atoms with Crippen LogP contribution in [0.4, 0.5) is 0 Å². The van der Waals surface area contributed by atoms with Crippen LogP contribution >= 0.6 is 0 Å². The molecule has 15 heavy (non-hydrogen) atoms. The van der Waals surface area contributed by atoms with E-state index in [0.29, 0.717) is 0 Å². The van der Waals surface area contributed by atoms with Gasteiger partial charge in [-0.3, -0.25) is 0 Å². The molecule has 82 valence electrons. The third-order valence-electron chi connectivity index (χ3n) is 1.88. The first-order valence-electron chi connectivity index (χ1n) is 3.95. The zero-order chi connectivity index (χ0) is 11.6. The van der Waals surface area contributed by atoms with Crippen LogP contribution in [-0.2, 0) is 10.6 Å². The van der Waals surface area contributed by atoms with Gasteiger partial charge in [-0.25, -0.2) is 4.79 Å². The molecule has 0 saturated carbocycles. The normalized spacial score (nSPS) is 11.1. The molecule has 4 N–H and O–H groups in total. The lowest BCUT2D eigenvalue weighted by molar-refractivity contribution is -0.208. The van der Waals surface area contributed by atoms with Crippen LogP contribution in [0.3, 0.4) is 0 Å². The van der Waals surface area contributed by atoms with Gasteiger partial charge in [-0.05, 0) is 18.2 Å². The Morgan fingerprint density at radius 2 is 2.00 bits per heavy atom. The van der Waals surface area contributed by atoms with E-state index in [-0.39, 0.29) is 17.1 Å². The summed E-state index contributed by atoms with van der Waals surface area (Å²) in [5.41, 5.74) is -0.353. The smallest absolute Gasteiger partial charge is 0.369 e. The highest BCUT2D eigenvalue weighted by Crippen LogP contribution is 2.30. The topological polar surface area (TPSA) is 107 Å². The molecular weight excluding hydrogens is 204 g/mol. The number of hydrogen-bond acceptors (Lipinski definition) is 5. The molecule has 0 spiro atoms. The van der Waals surface area contributed by atoms with E-state index in [2.05, 4.69) is 0 Å². The number of methoxy groups -OCH3 is 1. The molecular formula is C9H10O6. The summed E-state index contributed by atoms with van der Waals surface area (Å²) in [6.45, 7) is 0. The Kier molecular flexibility index (Phi) is 2.83. The van der Waals surface area contributed by atoms with Crippen LogP contribution in [-0.4, -0.2) is 33.5 Å². The fourth-order valence-electron chi connectivity index (χ4n) is 1.03. The highest BCUT2D eigenvalue weighted by atomic mass is 16.5. The molecule has 1 aromatic carbocycles. The van der Waals surface area contributed by atoms with Crippen molar-refractivity contribution >= 4 is 5.97 Å². The van der Waals surface area contributed by atoms with Gasteiger partial charge in [0.25, 0.3) is 5.79 Å². The minimum Gasteiger partial charge on any atom is -0.504 e. The Labute approximate surface area is 85.0 Å². The molecule has 1 rings (SSSR count). The third-order valence-corrected chi connectivity index (χ3v) is 1.88. The Bertz CT molecular complexity index is 384. The Balaban J connectivity index is 3.18. The van der Waals surface area contributed by atoms with E-state index >= 15 is 0 Å². The van der Waals surface area contributed by atoms with Crippen molar-refractivity contribution in [2.75, 3.05) is 7.11 Å². The van der Waals surface area contributed by atoms with Crippen LogP contribution in [0.25, 0.3) is 0 Å². The van der Waals surface area contributed by atoms with Gasteiger partial charge in [0.1, 0.15) is 0 Å². The summed E-state index contributed by atoms with van der Waals surface area (Å²) in [4.78, 5) is 10.5. The molecule has 0 bridgehead atoms. The summed E-state index contributed by atoms with van der Waals surface area (Å²) in [6.07, 6.45) is 0. The number of rotatable bonds is 3. The molecule has 0 aromatic heterocycles. The number of carbonyl (C=O) groups is 1. The van der Waals surface area contributed by atoms with E-state index < -0.39 is 11.8 Å². The number of carboxylic acids is 1. The zero-order valence-corrected chi connectivity index (χ0v) is 7.84. The van der Waals surface area contributed by atoms with Crippen molar-refractivity contribution in [1.29, 1.82) is 0 Å². The van der Waals surface area contributed by atoms with E-state index in [9.17, 15) is 9.90 Å². The predicted octanol–water partition coefficient (Wildman–Crippen LogP) is -0.377. The molecule has 1 aromatic rings. The first-order chi connectivity index (χ1) is 6.89. The Morgan fingerprint density at radius 3 is 2.40 bits per heavy atom. The average Bonchev–Trinajstić information content (AvgIpc) is 2.17. The van der Waals surface area contributed by atoms with Gasteiger partial charge in [-0.15, -0.1) is 0 Å². The van der Waals surface area contributed by atoms with Crippen molar-refractivity contribution in [3.63, 3.8) is 0 Å². The standard InChI is InChI=1S/C9H10O6/c1-15-7-3-2-5(4-6(7)10)9(13,14)8(11)12/h2-4,10,13-14H,1H3,(H,11,12). The summed E-state index contributed by atoms with van der Waals surface area (Å²) >= 11 is 0. The monoisotopic (exact) mass is 214 g/mol. The van der Waals surface area contributed by atoms with Crippen LogP contribution in [0.15, 0.2) is 18.2 Å². The maximum Gasteiger partial charge on any atom is 0.369 e. The summed E-state index contributed by atoms with van der Waals surface area (Å²) in [5, 5.41) is 36.1. The molecule has 0 aliphatic heterocycles. The van der Waals surface area contributed by atoms with Crippen molar-refractivity contribution in [3.8, 4) is 11.5 Å². The van der Waals surface area contributed by atoms with Crippen LogP contribution < -0.4 is 4.74 Å². The fourth-order valence-corrected chi connectivity index (χ4v) is 1.03. The number of aliphatic carboxylic acids is 1. The van der Waals surface area contributed by atoms with Gasteiger partial charge in [0, 0.05) is 5.56 Å². The minimum absolute atomic E-state index is 0.111. The molecule has 0 unspecified atom stereocenters. The van der Waals surface area contributed by atoms with Crippen LogP contribution in [0.2, 0.25) is 0 Å². The third kappa shape index (κ3) is 2.00.